The highest BCUT2D eigenvalue weighted by Gasteiger charge is 2.12. The Kier molecular flexibility index (Phi) is 3.92. The molecule has 0 saturated carbocycles. The zero-order valence-corrected chi connectivity index (χ0v) is 11.2. The Morgan fingerprint density at radius 1 is 1.33 bits per heavy atom. The van der Waals surface area contributed by atoms with Gasteiger partial charge in [0.1, 0.15) is 11.5 Å². The molecule has 0 spiro atoms. The maximum Gasteiger partial charge on any atom is 0.344 e. The van der Waals surface area contributed by atoms with Crippen molar-refractivity contribution in [1.82, 2.24) is 0 Å². The molecule has 0 aliphatic carbocycles. The van der Waals surface area contributed by atoms with Crippen LogP contribution < -0.4 is 10.4 Å². The molecule has 1 aromatic carbocycles. The summed E-state index contributed by atoms with van der Waals surface area (Å²) in [5, 5.41) is 1.71. The summed E-state index contributed by atoms with van der Waals surface area (Å²) in [7, 11) is 1.56. The SMILES string of the molecule is CCCCc1oc(=O)c2cc(OC)ccc2c1Cl. The highest BCUT2D eigenvalue weighted by molar-refractivity contribution is 6.35. The number of fused-ring (bicyclic) bond motifs is 1. The fraction of sp³-hybridized carbons (Fsp3) is 0.357. The Balaban J connectivity index is 2.60. The minimum Gasteiger partial charge on any atom is -0.497 e. The molecule has 3 nitrogen and oxygen atoms in total. The zero-order chi connectivity index (χ0) is 13.1. The van der Waals surface area contributed by atoms with Crippen LogP contribution in [0.15, 0.2) is 27.4 Å². The average molecular weight is 267 g/mol. The van der Waals surface area contributed by atoms with E-state index < -0.39 is 0 Å². The van der Waals surface area contributed by atoms with Crippen LogP contribution in [0.25, 0.3) is 10.8 Å². The number of unbranched alkanes of at least 4 members (excludes halogenated alkanes) is 1. The van der Waals surface area contributed by atoms with E-state index in [9.17, 15) is 4.79 Å². The zero-order valence-electron chi connectivity index (χ0n) is 10.5. The summed E-state index contributed by atoms with van der Waals surface area (Å²) >= 11 is 6.27. The number of hydrogen-bond acceptors (Lipinski definition) is 3. The summed E-state index contributed by atoms with van der Waals surface area (Å²) in [5.41, 5.74) is -0.362. The summed E-state index contributed by atoms with van der Waals surface area (Å²) in [6.45, 7) is 2.08. The lowest BCUT2D eigenvalue weighted by molar-refractivity contribution is 0.414. The van der Waals surface area contributed by atoms with E-state index in [0.29, 0.717) is 28.3 Å². The van der Waals surface area contributed by atoms with Crippen molar-refractivity contribution < 1.29 is 9.15 Å². The molecule has 0 amide bonds. The normalized spacial score (nSPS) is 10.8. The second-order valence-corrected chi connectivity index (χ2v) is 4.52. The fourth-order valence-corrected chi connectivity index (χ4v) is 2.17. The highest BCUT2D eigenvalue weighted by Crippen LogP contribution is 2.28. The van der Waals surface area contributed by atoms with E-state index in [0.717, 1.165) is 18.2 Å². The Morgan fingerprint density at radius 3 is 2.78 bits per heavy atom. The van der Waals surface area contributed by atoms with E-state index >= 15 is 0 Å². The Morgan fingerprint density at radius 2 is 2.11 bits per heavy atom. The van der Waals surface area contributed by atoms with Crippen molar-refractivity contribution in [2.24, 2.45) is 0 Å². The lowest BCUT2D eigenvalue weighted by Crippen LogP contribution is -2.04. The van der Waals surface area contributed by atoms with Gasteiger partial charge in [-0.2, -0.15) is 0 Å². The van der Waals surface area contributed by atoms with Gasteiger partial charge in [-0.25, -0.2) is 4.79 Å². The van der Waals surface area contributed by atoms with Crippen molar-refractivity contribution in [2.75, 3.05) is 7.11 Å². The van der Waals surface area contributed by atoms with Crippen molar-refractivity contribution >= 4 is 22.4 Å². The maximum atomic E-state index is 11.9. The number of rotatable bonds is 4. The Bertz CT molecular complexity index is 616. The third kappa shape index (κ3) is 2.36. The third-order valence-electron chi connectivity index (χ3n) is 2.90. The van der Waals surface area contributed by atoms with Gasteiger partial charge in [-0.15, -0.1) is 0 Å². The molecular weight excluding hydrogens is 252 g/mol. The molecule has 96 valence electrons. The molecule has 1 aromatic heterocycles. The first-order valence-electron chi connectivity index (χ1n) is 5.96. The lowest BCUT2D eigenvalue weighted by atomic mass is 10.1. The van der Waals surface area contributed by atoms with Crippen molar-refractivity contribution in [1.29, 1.82) is 0 Å². The van der Waals surface area contributed by atoms with Gasteiger partial charge in [0.05, 0.1) is 17.5 Å². The number of benzene rings is 1. The van der Waals surface area contributed by atoms with E-state index in [4.69, 9.17) is 20.8 Å². The average Bonchev–Trinajstić information content (AvgIpc) is 2.40. The van der Waals surface area contributed by atoms with Gasteiger partial charge < -0.3 is 9.15 Å². The van der Waals surface area contributed by atoms with Crippen LogP contribution in [0, 0.1) is 0 Å². The molecule has 1 heterocycles. The fourth-order valence-electron chi connectivity index (χ4n) is 1.87. The van der Waals surface area contributed by atoms with Gasteiger partial charge in [-0.3, -0.25) is 0 Å². The smallest absolute Gasteiger partial charge is 0.344 e. The van der Waals surface area contributed by atoms with Crippen molar-refractivity contribution in [3.8, 4) is 5.75 Å². The number of aryl methyl sites for hydroxylation is 1. The first kappa shape index (κ1) is 13.0. The number of ether oxygens (including phenoxy) is 1. The Hall–Kier alpha value is -1.48. The van der Waals surface area contributed by atoms with Crippen LogP contribution >= 0.6 is 11.6 Å². The molecule has 0 aliphatic rings. The summed E-state index contributed by atoms with van der Waals surface area (Å²) < 4.78 is 10.4. The number of methoxy groups -OCH3 is 1. The van der Waals surface area contributed by atoms with E-state index in [2.05, 4.69) is 6.92 Å². The van der Waals surface area contributed by atoms with Crippen LogP contribution in [-0.2, 0) is 6.42 Å². The first-order chi connectivity index (χ1) is 8.67. The van der Waals surface area contributed by atoms with Crippen molar-refractivity contribution in [3.05, 3.63) is 39.4 Å². The molecule has 0 bridgehead atoms. The number of halogens is 1. The topological polar surface area (TPSA) is 39.4 Å². The van der Waals surface area contributed by atoms with Gasteiger partial charge in [0.2, 0.25) is 0 Å². The van der Waals surface area contributed by atoms with Gasteiger partial charge >= 0.3 is 5.63 Å². The molecular formula is C14H15ClO3. The maximum absolute atomic E-state index is 11.9. The summed E-state index contributed by atoms with van der Waals surface area (Å²) in [5.74, 6) is 1.19. The van der Waals surface area contributed by atoms with Crippen LogP contribution in [0.3, 0.4) is 0 Å². The standard InChI is InChI=1S/C14H15ClO3/c1-3-4-5-12-13(15)10-7-6-9(17-2)8-11(10)14(16)18-12/h6-8H,3-5H2,1-2H3. The molecule has 0 N–H and O–H groups in total. The predicted octanol–water partition coefficient (Wildman–Crippen LogP) is 3.80. The number of hydrogen-bond donors (Lipinski definition) is 0. The second kappa shape index (κ2) is 5.44. The van der Waals surface area contributed by atoms with Crippen LogP contribution in [0.2, 0.25) is 5.02 Å². The predicted molar refractivity (Wildman–Crippen MR) is 72.7 cm³/mol. The van der Waals surface area contributed by atoms with E-state index in [-0.39, 0.29) is 5.63 Å². The van der Waals surface area contributed by atoms with Crippen LogP contribution in [0.1, 0.15) is 25.5 Å². The molecule has 0 saturated heterocycles. The van der Waals surface area contributed by atoms with Gasteiger partial charge in [0.25, 0.3) is 0 Å². The summed E-state index contributed by atoms with van der Waals surface area (Å²) in [6.07, 6.45) is 2.66. The van der Waals surface area contributed by atoms with Gasteiger partial charge in [0.15, 0.2) is 0 Å². The van der Waals surface area contributed by atoms with Gasteiger partial charge in [-0.05, 0) is 24.6 Å². The quantitative estimate of drug-likeness (QED) is 0.845. The largest absolute Gasteiger partial charge is 0.497 e. The molecule has 0 fully saturated rings. The highest BCUT2D eigenvalue weighted by atomic mass is 35.5. The lowest BCUT2D eigenvalue weighted by Gasteiger charge is -2.07. The van der Waals surface area contributed by atoms with Gasteiger partial charge in [0, 0.05) is 11.8 Å². The molecule has 0 unspecified atom stereocenters. The van der Waals surface area contributed by atoms with Crippen molar-refractivity contribution in [2.45, 2.75) is 26.2 Å². The van der Waals surface area contributed by atoms with Crippen molar-refractivity contribution in [3.63, 3.8) is 0 Å². The van der Waals surface area contributed by atoms with Gasteiger partial charge in [-0.1, -0.05) is 24.9 Å². The molecule has 0 radical (unpaired) electrons. The summed E-state index contributed by atoms with van der Waals surface area (Å²) in [4.78, 5) is 11.9. The van der Waals surface area contributed by atoms with Crippen LogP contribution in [0.4, 0.5) is 0 Å². The summed E-state index contributed by atoms with van der Waals surface area (Å²) in [6, 6.07) is 5.23. The van der Waals surface area contributed by atoms with E-state index in [1.807, 2.05) is 0 Å². The minimum atomic E-state index is -0.362. The first-order valence-corrected chi connectivity index (χ1v) is 6.34. The third-order valence-corrected chi connectivity index (χ3v) is 3.32. The molecule has 2 aromatic rings. The molecule has 18 heavy (non-hydrogen) atoms. The minimum absolute atomic E-state index is 0.362. The molecule has 0 aliphatic heterocycles. The van der Waals surface area contributed by atoms with Crippen LogP contribution in [0.5, 0.6) is 5.75 Å². The van der Waals surface area contributed by atoms with Crippen LogP contribution in [-0.4, -0.2) is 7.11 Å². The van der Waals surface area contributed by atoms with E-state index in [1.165, 1.54) is 0 Å². The monoisotopic (exact) mass is 266 g/mol. The molecule has 4 heteroatoms. The second-order valence-electron chi connectivity index (χ2n) is 4.14. The molecule has 2 rings (SSSR count). The Labute approximate surface area is 110 Å². The molecule has 0 atom stereocenters. The van der Waals surface area contributed by atoms with E-state index in [1.54, 1.807) is 25.3 Å².